The molecule has 0 saturated heterocycles. The van der Waals surface area contributed by atoms with Gasteiger partial charge in [-0.3, -0.25) is 0 Å². The number of aliphatic hydroxyl groups excluding tert-OH is 4. The van der Waals surface area contributed by atoms with Crippen molar-refractivity contribution >= 4 is 11.9 Å². The molecule has 0 aliphatic carbocycles. The van der Waals surface area contributed by atoms with Crippen molar-refractivity contribution in [1.29, 1.82) is 0 Å². The molecule has 0 aliphatic heterocycles. The van der Waals surface area contributed by atoms with Crippen LogP contribution in [-0.4, -0.2) is 120 Å². The van der Waals surface area contributed by atoms with Gasteiger partial charge in [0.1, 0.15) is 0 Å². The predicted octanol–water partition coefficient (Wildman–Crippen LogP) is 0.468. The fourth-order valence-corrected chi connectivity index (χ4v) is 1.16. The largest absolute Gasteiger partial charge is 0.478 e. The number of ether oxygens (including phenoxy) is 4. The lowest BCUT2D eigenvalue weighted by molar-refractivity contribution is -0.133. The van der Waals surface area contributed by atoms with Crippen LogP contribution in [0.5, 0.6) is 0 Å². The lowest BCUT2D eigenvalue weighted by atomic mass is 10.4. The molecule has 0 spiro atoms. The van der Waals surface area contributed by atoms with Crippen LogP contribution in [0.15, 0.2) is 24.3 Å². The van der Waals surface area contributed by atoms with Crippen LogP contribution in [0.2, 0.25) is 0 Å². The highest BCUT2D eigenvalue weighted by Crippen LogP contribution is 1.97. The van der Waals surface area contributed by atoms with Gasteiger partial charge in [0.05, 0.1) is 77.8 Å². The normalized spacial score (nSPS) is 12.3. The Balaban J connectivity index is -0.000000194. The Morgan fingerprint density at radius 3 is 1.31 bits per heavy atom. The Bertz CT molecular complexity index is 467. The predicted molar refractivity (Wildman–Crippen MR) is 130 cm³/mol. The van der Waals surface area contributed by atoms with Gasteiger partial charge in [0.2, 0.25) is 0 Å². The van der Waals surface area contributed by atoms with Crippen molar-refractivity contribution in [2.75, 3.05) is 59.5 Å². The summed E-state index contributed by atoms with van der Waals surface area (Å²) >= 11 is 0. The van der Waals surface area contributed by atoms with Crippen LogP contribution in [-0.2, 0) is 28.5 Å². The number of aliphatic hydroxyl groups is 4. The van der Waals surface area contributed by atoms with E-state index < -0.39 is 18.0 Å². The summed E-state index contributed by atoms with van der Waals surface area (Å²) in [5.74, 6) is -1.87. The minimum atomic E-state index is -0.935. The summed E-state index contributed by atoms with van der Waals surface area (Å²) < 4.78 is 20.2. The van der Waals surface area contributed by atoms with E-state index in [2.05, 4.69) is 13.2 Å². The second-order valence-corrected chi connectivity index (χ2v) is 7.16. The van der Waals surface area contributed by atoms with Gasteiger partial charge < -0.3 is 49.6 Å². The molecule has 0 radical (unpaired) electrons. The first kappa shape index (κ1) is 40.3. The standard InChI is InChI=1S/C9H20O4.C6H14O4.2C4H6O2/c1-7(11)5-12-9(3)6-13-8(2)4-10;7-1-3-9-5-6-10-4-2-8;2*1-3(2)4(5)6/h7-11H,4-6H2,1-3H3;7-8H,1-6H2;2*1H2,2H3,(H,5,6). The third-order valence-electron chi connectivity index (χ3n) is 3.07. The fourth-order valence-electron chi connectivity index (χ4n) is 1.16. The van der Waals surface area contributed by atoms with Crippen molar-refractivity contribution in [1.82, 2.24) is 0 Å². The number of carboxylic acids is 2. The molecular formula is C23H46O12. The van der Waals surface area contributed by atoms with Crippen molar-refractivity contribution in [2.45, 2.75) is 52.9 Å². The van der Waals surface area contributed by atoms with Gasteiger partial charge in [0, 0.05) is 11.1 Å². The summed E-state index contributed by atoms with van der Waals surface area (Å²) in [6.07, 6.45) is -0.654. The zero-order valence-corrected chi connectivity index (χ0v) is 21.6. The fraction of sp³-hybridized carbons (Fsp3) is 0.739. The lowest BCUT2D eigenvalue weighted by Crippen LogP contribution is -2.24. The van der Waals surface area contributed by atoms with Crippen molar-refractivity contribution < 1.29 is 59.2 Å². The molecule has 0 aliphatic rings. The molecule has 0 fully saturated rings. The van der Waals surface area contributed by atoms with Crippen molar-refractivity contribution in [2.24, 2.45) is 0 Å². The van der Waals surface area contributed by atoms with E-state index >= 15 is 0 Å². The molecule has 210 valence electrons. The molecule has 0 rings (SSSR count). The van der Waals surface area contributed by atoms with Gasteiger partial charge in [-0.05, 0) is 34.6 Å². The smallest absolute Gasteiger partial charge is 0.330 e. The van der Waals surface area contributed by atoms with Gasteiger partial charge in [0.15, 0.2) is 0 Å². The summed E-state index contributed by atoms with van der Waals surface area (Å²) in [5, 5.41) is 49.9. The Labute approximate surface area is 208 Å². The average molecular weight is 515 g/mol. The molecule has 0 aromatic rings. The summed E-state index contributed by atoms with van der Waals surface area (Å²) in [6.45, 7) is 17.0. The van der Waals surface area contributed by atoms with Gasteiger partial charge in [-0.1, -0.05) is 13.2 Å². The van der Waals surface area contributed by atoms with Gasteiger partial charge in [-0.15, -0.1) is 0 Å². The Kier molecular flexibility index (Phi) is 34.7. The van der Waals surface area contributed by atoms with E-state index in [1.807, 2.05) is 6.92 Å². The first-order valence-electron chi connectivity index (χ1n) is 10.9. The van der Waals surface area contributed by atoms with Crippen LogP contribution in [0.25, 0.3) is 0 Å². The maximum Gasteiger partial charge on any atom is 0.330 e. The SMILES string of the molecule is C=C(C)C(=O)O.C=C(C)C(=O)O.CC(O)COC(C)COC(C)CO.OCCOCCOCCO. The quantitative estimate of drug-likeness (QED) is 0.123. The van der Waals surface area contributed by atoms with Crippen LogP contribution in [0.1, 0.15) is 34.6 Å². The first-order chi connectivity index (χ1) is 16.3. The molecular weight excluding hydrogens is 468 g/mol. The second-order valence-electron chi connectivity index (χ2n) is 7.16. The van der Waals surface area contributed by atoms with Gasteiger partial charge in [-0.25, -0.2) is 9.59 Å². The lowest BCUT2D eigenvalue weighted by Gasteiger charge is -2.16. The molecule has 0 heterocycles. The number of carboxylic acid groups (broad SMARTS) is 2. The number of carbonyl (C=O) groups is 2. The molecule has 0 aromatic carbocycles. The van der Waals surface area contributed by atoms with Gasteiger partial charge in [0.25, 0.3) is 0 Å². The first-order valence-corrected chi connectivity index (χ1v) is 10.9. The van der Waals surface area contributed by atoms with Gasteiger partial charge in [-0.2, -0.15) is 0 Å². The molecule has 12 nitrogen and oxygen atoms in total. The minimum Gasteiger partial charge on any atom is -0.478 e. The van der Waals surface area contributed by atoms with E-state index in [0.29, 0.717) is 39.6 Å². The molecule has 6 N–H and O–H groups in total. The van der Waals surface area contributed by atoms with E-state index in [0.717, 1.165) is 0 Å². The summed E-state index contributed by atoms with van der Waals surface area (Å²) in [6, 6.07) is 0. The number of hydrogen-bond donors (Lipinski definition) is 6. The molecule has 0 amide bonds. The molecule has 3 atom stereocenters. The highest BCUT2D eigenvalue weighted by molar-refractivity contribution is 5.85. The van der Waals surface area contributed by atoms with Crippen molar-refractivity contribution in [3.8, 4) is 0 Å². The number of rotatable bonds is 16. The van der Waals surface area contributed by atoms with Crippen LogP contribution in [0.4, 0.5) is 0 Å². The molecule has 35 heavy (non-hydrogen) atoms. The monoisotopic (exact) mass is 514 g/mol. The molecule has 12 heteroatoms. The number of aliphatic carboxylic acids is 2. The maximum absolute atomic E-state index is 9.60. The minimum absolute atomic E-state index is 0.0170. The zero-order valence-electron chi connectivity index (χ0n) is 21.6. The molecule has 0 bridgehead atoms. The number of hydrogen-bond acceptors (Lipinski definition) is 10. The van der Waals surface area contributed by atoms with E-state index in [4.69, 9.17) is 49.6 Å². The summed E-state index contributed by atoms with van der Waals surface area (Å²) in [5.41, 5.74) is 0.352. The average Bonchev–Trinajstić information content (AvgIpc) is 2.79. The van der Waals surface area contributed by atoms with Gasteiger partial charge >= 0.3 is 11.9 Å². The van der Waals surface area contributed by atoms with Crippen LogP contribution in [0, 0.1) is 0 Å². The topological polar surface area (TPSA) is 192 Å². The van der Waals surface area contributed by atoms with Crippen LogP contribution < -0.4 is 0 Å². The van der Waals surface area contributed by atoms with Crippen LogP contribution in [0.3, 0.4) is 0 Å². The Morgan fingerprint density at radius 1 is 0.714 bits per heavy atom. The van der Waals surface area contributed by atoms with E-state index in [1.165, 1.54) is 13.8 Å². The zero-order chi connectivity index (χ0) is 28.2. The van der Waals surface area contributed by atoms with Crippen molar-refractivity contribution in [3.63, 3.8) is 0 Å². The summed E-state index contributed by atoms with van der Waals surface area (Å²) in [7, 11) is 0. The van der Waals surface area contributed by atoms with E-state index in [1.54, 1.807) is 13.8 Å². The third kappa shape index (κ3) is 46.2. The van der Waals surface area contributed by atoms with Crippen LogP contribution >= 0.6 is 0 Å². The third-order valence-corrected chi connectivity index (χ3v) is 3.07. The van der Waals surface area contributed by atoms with E-state index in [-0.39, 0.29) is 43.2 Å². The summed E-state index contributed by atoms with van der Waals surface area (Å²) in [4.78, 5) is 19.2. The van der Waals surface area contributed by atoms with Crippen molar-refractivity contribution in [3.05, 3.63) is 24.3 Å². The Hall–Kier alpha value is -1.90. The highest BCUT2D eigenvalue weighted by atomic mass is 16.5. The van der Waals surface area contributed by atoms with E-state index in [9.17, 15) is 9.59 Å². The second kappa shape index (κ2) is 30.1. The Morgan fingerprint density at radius 2 is 1.06 bits per heavy atom. The molecule has 0 saturated carbocycles. The molecule has 3 unspecified atom stereocenters. The maximum atomic E-state index is 9.60. The molecule has 0 aromatic heterocycles. The highest BCUT2D eigenvalue weighted by Gasteiger charge is 2.07.